The van der Waals surface area contributed by atoms with E-state index in [4.69, 9.17) is 32.9 Å². The molecule has 11 heteroatoms. The van der Waals surface area contributed by atoms with E-state index in [2.05, 4.69) is 48.3 Å². The molecule has 0 radical (unpaired) electrons. The first-order chi connectivity index (χ1) is 21.6. The zero-order valence-electron chi connectivity index (χ0n) is 25.8. The van der Waals surface area contributed by atoms with Crippen molar-refractivity contribution >= 4 is 74.5 Å². The van der Waals surface area contributed by atoms with Crippen molar-refractivity contribution in [1.82, 2.24) is 14.7 Å². The molecule has 0 N–H and O–H groups in total. The number of allylic oxidation sites excluding steroid dienone is 1. The second-order valence-electron chi connectivity index (χ2n) is 12.6. The molecule has 0 bridgehead atoms. The van der Waals surface area contributed by atoms with Gasteiger partial charge < -0.3 is 19.4 Å². The van der Waals surface area contributed by atoms with Gasteiger partial charge in [-0.15, -0.1) is 0 Å². The van der Waals surface area contributed by atoms with Crippen molar-refractivity contribution in [3.63, 3.8) is 0 Å². The third-order valence-electron chi connectivity index (χ3n) is 9.11. The Bertz CT molecular complexity index is 1480. The van der Waals surface area contributed by atoms with Crippen molar-refractivity contribution in [2.24, 2.45) is 16.8 Å². The molecule has 2 amide bonds. The van der Waals surface area contributed by atoms with Crippen molar-refractivity contribution in [2.45, 2.75) is 62.1 Å². The number of thioether (sulfide) groups is 1. The lowest BCUT2D eigenvalue weighted by Crippen LogP contribution is -2.51. The van der Waals surface area contributed by atoms with Gasteiger partial charge in [-0.3, -0.25) is 14.6 Å². The Labute approximate surface area is 293 Å². The van der Waals surface area contributed by atoms with E-state index in [1.165, 1.54) is 11.8 Å². The number of morpholine rings is 1. The summed E-state index contributed by atoms with van der Waals surface area (Å²) in [5.41, 5.74) is 3.09. The highest BCUT2D eigenvalue weighted by Crippen LogP contribution is 2.54. The van der Waals surface area contributed by atoms with Crippen LogP contribution in [0.25, 0.3) is 0 Å². The van der Waals surface area contributed by atoms with Crippen molar-refractivity contribution in [1.29, 1.82) is 0 Å². The van der Waals surface area contributed by atoms with Gasteiger partial charge in [-0.25, -0.2) is 0 Å². The van der Waals surface area contributed by atoms with Gasteiger partial charge in [0.05, 0.1) is 19.3 Å². The highest BCUT2D eigenvalue weighted by molar-refractivity contribution is 14.1. The molecule has 0 aliphatic carbocycles. The van der Waals surface area contributed by atoms with Gasteiger partial charge in [-0.1, -0.05) is 90.8 Å². The number of amidine groups is 1. The molecule has 5 atom stereocenters. The van der Waals surface area contributed by atoms with Crippen LogP contribution in [0.3, 0.4) is 0 Å². The van der Waals surface area contributed by atoms with Crippen LogP contribution in [0.2, 0.25) is 10.0 Å². The van der Waals surface area contributed by atoms with Crippen molar-refractivity contribution in [2.75, 3.05) is 32.8 Å². The number of rotatable bonds is 8. The number of fused-ring (bicyclic) bond motifs is 1. The molecule has 7 nitrogen and oxygen atoms in total. The molecule has 0 aromatic heterocycles. The van der Waals surface area contributed by atoms with E-state index in [1.54, 1.807) is 0 Å². The number of carbonyl (C=O) groups is 2. The second-order valence-corrected chi connectivity index (χ2v) is 16.6. The molecule has 45 heavy (non-hydrogen) atoms. The summed E-state index contributed by atoms with van der Waals surface area (Å²) in [6.07, 6.45) is 2.78. The Morgan fingerprint density at radius 2 is 1.62 bits per heavy atom. The Balaban J connectivity index is 1.36. The molecule has 0 saturated carbocycles. The number of alkyl halides is 1. The third kappa shape index (κ3) is 6.93. The van der Waals surface area contributed by atoms with E-state index < -0.39 is 6.04 Å². The molecular weight excluding hydrogens is 742 g/mol. The van der Waals surface area contributed by atoms with Gasteiger partial charge in [-0.2, -0.15) is 0 Å². The smallest absolute Gasteiger partial charge is 0.263 e. The van der Waals surface area contributed by atoms with Gasteiger partial charge in [-0.05, 0) is 78.3 Å². The number of carbonyl (C=O) groups excluding carboxylic acids is 2. The predicted molar refractivity (Wildman–Crippen MR) is 191 cm³/mol. The van der Waals surface area contributed by atoms with Gasteiger partial charge in [0.25, 0.3) is 5.91 Å². The summed E-state index contributed by atoms with van der Waals surface area (Å²) in [4.78, 5) is 40.5. The highest BCUT2D eigenvalue weighted by Gasteiger charge is 2.50. The monoisotopic (exact) mass is 780 g/mol. The third-order valence-corrected chi connectivity index (χ3v) is 11.3. The number of amides is 2. The fraction of sp³-hybridized carbons (Fsp3) is 0.500. The predicted octanol–water partition coefficient (Wildman–Crippen LogP) is 7.74. The second kappa shape index (κ2) is 14.1. The number of aliphatic imine (C=N–C) groups is 1. The summed E-state index contributed by atoms with van der Waals surface area (Å²) < 4.78 is 6.06. The van der Waals surface area contributed by atoms with Crippen molar-refractivity contribution in [3.8, 4) is 0 Å². The lowest BCUT2D eigenvalue weighted by Gasteiger charge is -2.33. The van der Waals surface area contributed by atoms with E-state index >= 15 is 0 Å². The maximum Gasteiger partial charge on any atom is 0.263 e. The number of nitrogens with zero attached hydrogens (tertiary/aromatic N) is 4. The van der Waals surface area contributed by atoms with E-state index in [9.17, 15) is 9.59 Å². The molecular formula is C34H39Cl2IN4O3S. The van der Waals surface area contributed by atoms with Gasteiger partial charge in [0.15, 0.2) is 5.17 Å². The lowest BCUT2D eigenvalue weighted by atomic mass is 9.92. The van der Waals surface area contributed by atoms with Crippen LogP contribution in [0.1, 0.15) is 63.2 Å². The Morgan fingerprint density at radius 1 is 1.00 bits per heavy atom. The Morgan fingerprint density at radius 3 is 2.22 bits per heavy atom. The van der Waals surface area contributed by atoms with Crippen LogP contribution in [0.5, 0.6) is 0 Å². The molecule has 4 heterocycles. The quantitative estimate of drug-likeness (QED) is 0.203. The fourth-order valence-electron chi connectivity index (χ4n) is 6.88. The highest BCUT2D eigenvalue weighted by atomic mass is 127. The van der Waals surface area contributed by atoms with E-state index in [0.29, 0.717) is 64.1 Å². The molecule has 4 aliphatic heterocycles. The number of hydrogen-bond donors (Lipinski definition) is 0. The van der Waals surface area contributed by atoms with E-state index in [0.717, 1.165) is 34.8 Å². The molecule has 2 aromatic rings. The fourth-order valence-corrected chi connectivity index (χ4v) is 8.79. The first-order valence-corrected chi connectivity index (χ1v) is 18.6. The Hall–Kier alpha value is -1.79. The number of hydrogen-bond acceptors (Lipinski definition) is 6. The zero-order valence-corrected chi connectivity index (χ0v) is 30.3. The molecule has 2 fully saturated rings. The van der Waals surface area contributed by atoms with Crippen molar-refractivity contribution < 1.29 is 14.3 Å². The van der Waals surface area contributed by atoms with Crippen LogP contribution in [-0.2, 0) is 14.3 Å². The minimum Gasteiger partial charge on any atom is -0.378 e. The van der Waals surface area contributed by atoms with Gasteiger partial charge in [0.2, 0.25) is 5.91 Å². The maximum absolute atomic E-state index is 14.7. The first kappa shape index (κ1) is 33.1. The number of likely N-dealkylation sites (tertiary alicyclic amines) is 1. The average molecular weight is 782 g/mol. The number of benzene rings is 2. The summed E-state index contributed by atoms with van der Waals surface area (Å²) in [5.74, 6) is 0.333. The van der Waals surface area contributed by atoms with Crippen LogP contribution in [0.15, 0.2) is 64.1 Å². The average Bonchev–Trinajstić information content (AvgIpc) is 3.73. The van der Waals surface area contributed by atoms with Crippen molar-refractivity contribution in [3.05, 3.63) is 80.3 Å². The summed E-state index contributed by atoms with van der Waals surface area (Å²) in [6, 6.07) is 15.0. The Kier molecular flexibility index (Phi) is 10.4. The molecule has 0 spiro atoms. The normalized spacial score (nSPS) is 25.7. The molecule has 2 unspecified atom stereocenters. The summed E-state index contributed by atoms with van der Waals surface area (Å²) in [5, 5.41) is 2.16. The molecule has 2 aromatic carbocycles. The summed E-state index contributed by atoms with van der Waals surface area (Å²) >= 11 is 16.5. The van der Waals surface area contributed by atoms with Crippen LogP contribution < -0.4 is 0 Å². The van der Waals surface area contributed by atoms with Crippen LogP contribution in [-0.4, -0.2) is 74.5 Å². The topological polar surface area (TPSA) is 65.5 Å². The molecule has 4 aliphatic rings. The van der Waals surface area contributed by atoms with E-state index in [-0.39, 0.29) is 29.8 Å². The van der Waals surface area contributed by atoms with Crippen LogP contribution >= 0.6 is 57.6 Å². The minimum atomic E-state index is -0.460. The maximum atomic E-state index is 14.7. The van der Waals surface area contributed by atoms with E-state index in [1.807, 2.05) is 58.3 Å². The standard InChI is InChI=1S/C34H39Cl2IN4O3S/c1-20(2)29-31(33(43)40-19-22(5-4-21(3)37)18-27(40)32(42)39-14-16-44-17-15-39)45-34-38-28(23-6-10-25(35)11-7-23)30(41(29)34)24-8-12-26(36)13-9-24/h6-13,20-22,27-28,30H,4-5,14-19H2,1-3H3/t21?,22-,27?,28-,30+/m0/s1. The summed E-state index contributed by atoms with van der Waals surface area (Å²) in [6.45, 7) is 9.29. The largest absolute Gasteiger partial charge is 0.378 e. The number of ether oxygens (including phenoxy) is 1. The zero-order chi connectivity index (χ0) is 31.8. The molecule has 6 rings (SSSR count). The number of halogens is 3. The van der Waals surface area contributed by atoms with Gasteiger partial charge >= 0.3 is 0 Å². The SMILES string of the molecule is CC(I)CC[C@H]1CC(C(=O)N2CCOCC2)N(C(=O)C2=C(C(C)C)N3C(=N[C@@H](c4ccc(Cl)cc4)[C@H]3c3ccc(Cl)cc3)S2)C1. The van der Waals surface area contributed by atoms with Crippen LogP contribution in [0.4, 0.5) is 0 Å². The molecule has 240 valence electrons. The lowest BCUT2D eigenvalue weighted by molar-refractivity contribution is -0.144. The molecule has 2 saturated heterocycles. The first-order valence-electron chi connectivity index (χ1n) is 15.7. The van der Waals surface area contributed by atoms with Gasteiger partial charge in [0.1, 0.15) is 17.0 Å². The minimum absolute atomic E-state index is 0.0473. The van der Waals surface area contributed by atoms with Crippen LogP contribution in [0, 0.1) is 11.8 Å². The van der Waals surface area contributed by atoms with Gasteiger partial charge in [0, 0.05) is 39.3 Å². The summed E-state index contributed by atoms with van der Waals surface area (Å²) in [7, 11) is 0.